The predicted molar refractivity (Wildman–Crippen MR) is 52.2 cm³/mol. The first-order valence-electron chi connectivity index (χ1n) is 4.39. The number of halogens is 1. The number of phenols is 1. The molecule has 0 aromatic heterocycles. The van der Waals surface area contributed by atoms with E-state index in [0.717, 1.165) is 12.1 Å². The van der Waals surface area contributed by atoms with Crippen molar-refractivity contribution >= 4 is 5.97 Å². The maximum atomic E-state index is 13.4. The van der Waals surface area contributed by atoms with E-state index in [2.05, 4.69) is 0 Å². The highest BCUT2D eigenvalue weighted by molar-refractivity contribution is 5.76. The number of hydrogen-bond donors (Lipinski definition) is 3. The van der Waals surface area contributed by atoms with Gasteiger partial charge in [-0.3, -0.25) is 4.79 Å². The largest absolute Gasteiger partial charge is 0.508 e. The Kier molecular flexibility index (Phi) is 3.26. The third-order valence-electron chi connectivity index (χ3n) is 2.22. The molecule has 0 aliphatic carbocycles. The van der Waals surface area contributed by atoms with Crippen LogP contribution in [0.2, 0.25) is 0 Å². The molecule has 0 amide bonds. The van der Waals surface area contributed by atoms with Crippen LogP contribution in [0.4, 0.5) is 4.39 Å². The molecule has 0 fully saturated rings. The summed E-state index contributed by atoms with van der Waals surface area (Å²) in [5.74, 6) is -3.13. The zero-order valence-electron chi connectivity index (χ0n) is 8.20. The van der Waals surface area contributed by atoms with Crippen molar-refractivity contribution in [2.24, 2.45) is 5.73 Å². The van der Waals surface area contributed by atoms with E-state index in [4.69, 9.17) is 10.8 Å². The Bertz CT molecular complexity index is 392. The van der Waals surface area contributed by atoms with Gasteiger partial charge in [0.15, 0.2) is 0 Å². The molecule has 82 valence electrons. The second-order valence-corrected chi connectivity index (χ2v) is 3.29. The van der Waals surface area contributed by atoms with Gasteiger partial charge in [0.1, 0.15) is 11.6 Å². The molecule has 0 bridgehead atoms. The van der Waals surface area contributed by atoms with Gasteiger partial charge in [0, 0.05) is 12.1 Å². The molecule has 0 aliphatic rings. The number of carboxylic acid groups (broad SMARTS) is 1. The van der Waals surface area contributed by atoms with E-state index in [1.54, 1.807) is 0 Å². The lowest BCUT2D eigenvalue weighted by molar-refractivity contribution is -0.138. The summed E-state index contributed by atoms with van der Waals surface area (Å²) in [4.78, 5) is 10.8. The number of carbonyl (C=O) groups is 1. The van der Waals surface area contributed by atoms with Crippen LogP contribution in [0, 0.1) is 12.7 Å². The molecular weight excluding hydrogens is 201 g/mol. The van der Waals surface area contributed by atoms with Gasteiger partial charge in [-0.15, -0.1) is 0 Å². The van der Waals surface area contributed by atoms with E-state index in [-0.39, 0.29) is 17.9 Å². The number of benzene rings is 1. The summed E-state index contributed by atoms with van der Waals surface area (Å²) in [5, 5.41) is 18.1. The molecular formula is C10H12FNO3. The van der Waals surface area contributed by atoms with Crippen molar-refractivity contribution in [3.8, 4) is 5.75 Å². The highest BCUT2D eigenvalue weighted by Crippen LogP contribution is 2.26. The van der Waals surface area contributed by atoms with E-state index in [9.17, 15) is 14.3 Å². The number of aliphatic carboxylic acids is 1. The minimum absolute atomic E-state index is 0.0897. The van der Waals surface area contributed by atoms with Gasteiger partial charge in [0.2, 0.25) is 0 Å². The lowest BCUT2D eigenvalue weighted by Gasteiger charge is -2.12. The van der Waals surface area contributed by atoms with Crippen molar-refractivity contribution in [3.05, 3.63) is 29.1 Å². The number of hydrogen-bond acceptors (Lipinski definition) is 3. The van der Waals surface area contributed by atoms with Gasteiger partial charge in [-0.25, -0.2) is 4.39 Å². The smallest absolute Gasteiger partial charge is 0.312 e. The van der Waals surface area contributed by atoms with Gasteiger partial charge in [-0.2, -0.15) is 0 Å². The number of aryl methyl sites for hydroxylation is 1. The molecule has 0 radical (unpaired) electrons. The van der Waals surface area contributed by atoms with Gasteiger partial charge in [-0.05, 0) is 24.6 Å². The topological polar surface area (TPSA) is 83.6 Å². The first-order valence-corrected chi connectivity index (χ1v) is 4.39. The highest BCUT2D eigenvalue weighted by Gasteiger charge is 2.22. The lowest BCUT2D eigenvalue weighted by atomic mass is 9.97. The Labute approximate surface area is 86.1 Å². The summed E-state index contributed by atoms with van der Waals surface area (Å²) >= 11 is 0. The fourth-order valence-corrected chi connectivity index (χ4v) is 1.31. The molecule has 1 aromatic rings. The molecule has 0 heterocycles. The molecule has 1 aromatic carbocycles. The van der Waals surface area contributed by atoms with E-state index in [1.807, 2.05) is 0 Å². The monoisotopic (exact) mass is 213 g/mol. The van der Waals surface area contributed by atoms with Crippen LogP contribution in [0.5, 0.6) is 5.75 Å². The van der Waals surface area contributed by atoms with Crippen molar-refractivity contribution in [2.75, 3.05) is 6.54 Å². The minimum Gasteiger partial charge on any atom is -0.508 e. The van der Waals surface area contributed by atoms with Crippen molar-refractivity contribution in [2.45, 2.75) is 12.8 Å². The van der Waals surface area contributed by atoms with Crippen LogP contribution in [0.25, 0.3) is 0 Å². The third kappa shape index (κ3) is 2.24. The SMILES string of the molecule is Cc1cc(F)c(C(CN)C(=O)O)cc1O. The zero-order valence-corrected chi connectivity index (χ0v) is 8.20. The Balaban J connectivity index is 3.24. The van der Waals surface area contributed by atoms with Crippen molar-refractivity contribution in [3.63, 3.8) is 0 Å². The van der Waals surface area contributed by atoms with Crippen molar-refractivity contribution in [1.29, 1.82) is 0 Å². The van der Waals surface area contributed by atoms with E-state index < -0.39 is 17.7 Å². The Hall–Kier alpha value is -1.62. The molecule has 0 saturated carbocycles. The molecule has 1 rings (SSSR count). The second kappa shape index (κ2) is 4.27. The standard InChI is InChI=1S/C10H12FNO3/c1-5-2-8(11)6(3-9(5)13)7(4-12)10(14)15/h2-3,7,13H,4,12H2,1H3,(H,14,15). The average molecular weight is 213 g/mol. The van der Waals surface area contributed by atoms with Gasteiger partial charge in [0.25, 0.3) is 0 Å². The van der Waals surface area contributed by atoms with Crippen LogP contribution in [-0.2, 0) is 4.79 Å². The van der Waals surface area contributed by atoms with Crippen LogP contribution >= 0.6 is 0 Å². The first-order chi connectivity index (χ1) is 6.97. The third-order valence-corrected chi connectivity index (χ3v) is 2.22. The van der Waals surface area contributed by atoms with Gasteiger partial charge < -0.3 is 15.9 Å². The lowest BCUT2D eigenvalue weighted by Crippen LogP contribution is -2.22. The summed E-state index contributed by atoms with van der Waals surface area (Å²) in [7, 11) is 0. The number of aromatic hydroxyl groups is 1. The number of rotatable bonds is 3. The van der Waals surface area contributed by atoms with Crippen LogP contribution in [0.3, 0.4) is 0 Å². The molecule has 1 atom stereocenters. The minimum atomic E-state index is -1.21. The van der Waals surface area contributed by atoms with Gasteiger partial charge >= 0.3 is 5.97 Å². The Morgan fingerprint density at radius 2 is 2.20 bits per heavy atom. The Morgan fingerprint density at radius 3 is 2.67 bits per heavy atom. The van der Waals surface area contributed by atoms with Crippen LogP contribution < -0.4 is 5.73 Å². The van der Waals surface area contributed by atoms with Gasteiger partial charge in [0.05, 0.1) is 5.92 Å². The predicted octanol–water partition coefficient (Wildman–Crippen LogP) is 0.967. The summed E-state index contributed by atoms with van der Waals surface area (Å²) in [6.45, 7) is 1.31. The molecule has 4 N–H and O–H groups in total. The molecule has 1 unspecified atom stereocenters. The molecule has 0 spiro atoms. The second-order valence-electron chi connectivity index (χ2n) is 3.29. The first kappa shape index (κ1) is 11.5. The maximum Gasteiger partial charge on any atom is 0.312 e. The Morgan fingerprint density at radius 1 is 1.60 bits per heavy atom. The van der Waals surface area contributed by atoms with E-state index >= 15 is 0 Å². The molecule has 0 aliphatic heterocycles. The van der Waals surface area contributed by atoms with Crippen LogP contribution in [0.1, 0.15) is 17.0 Å². The van der Waals surface area contributed by atoms with Gasteiger partial charge in [-0.1, -0.05) is 0 Å². The summed E-state index contributed by atoms with van der Waals surface area (Å²) in [6, 6.07) is 2.20. The summed E-state index contributed by atoms with van der Waals surface area (Å²) in [5.41, 5.74) is 5.50. The average Bonchev–Trinajstić information content (AvgIpc) is 2.14. The summed E-state index contributed by atoms with van der Waals surface area (Å²) < 4.78 is 13.4. The molecule has 5 heteroatoms. The maximum absolute atomic E-state index is 13.4. The summed E-state index contributed by atoms with van der Waals surface area (Å²) in [6.07, 6.45) is 0. The highest BCUT2D eigenvalue weighted by atomic mass is 19.1. The molecule has 0 saturated heterocycles. The number of phenolic OH excluding ortho intramolecular Hbond substituents is 1. The van der Waals surface area contributed by atoms with Crippen LogP contribution in [-0.4, -0.2) is 22.7 Å². The normalized spacial score (nSPS) is 12.5. The fourth-order valence-electron chi connectivity index (χ4n) is 1.31. The van der Waals surface area contributed by atoms with E-state index in [1.165, 1.54) is 6.92 Å². The quantitative estimate of drug-likeness (QED) is 0.698. The van der Waals surface area contributed by atoms with E-state index in [0.29, 0.717) is 5.56 Å². The fraction of sp³-hybridized carbons (Fsp3) is 0.300. The number of carboxylic acids is 1. The van der Waals surface area contributed by atoms with Crippen molar-refractivity contribution < 1.29 is 19.4 Å². The van der Waals surface area contributed by atoms with Crippen LogP contribution in [0.15, 0.2) is 12.1 Å². The zero-order chi connectivity index (χ0) is 11.6. The molecule has 15 heavy (non-hydrogen) atoms. The van der Waals surface area contributed by atoms with Crippen molar-refractivity contribution in [1.82, 2.24) is 0 Å². The molecule has 4 nitrogen and oxygen atoms in total. The number of nitrogens with two attached hydrogens (primary N) is 1.